The van der Waals surface area contributed by atoms with E-state index in [1.807, 2.05) is 67.6 Å². The van der Waals surface area contributed by atoms with Gasteiger partial charge in [-0.3, -0.25) is 4.79 Å². The van der Waals surface area contributed by atoms with Crippen LogP contribution in [0.5, 0.6) is 0 Å². The standard InChI is InChI=1S/C28H24BrN3O/c1-20-26(17-23(18-30)28(33)31-16-15-21-7-3-2-4-8-21)25-9-5-6-10-27(25)32(20)19-22-11-13-24(29)14-12-22/h2-14,17H,15-16,19H2,1H3,(H,31,33)/b23-17+. The molecule has 4 aromatic rings. The third kappa shape index (κ3) is 5.24. The summed E-state index contributed by atoms with van der Waals surface area (Å²) in [6.45, 7) is 3.22. The van der Waals surface area contributed by atoms with E-state index in [0.717, 1.165) is 38.6 Å². The highest BCUT2D eigenvalue weighted by Crippen LogP contribution is 2.29. The van der Waals surface area contributed by atoms with Gasteiger partial charge in [0, 0.05) is 39.7 Å². The van der Waals surface area contributed by atoms with Gasteiger partial charge >= 0.3 is 0 Å². The average molecular weight is 498 g/mol. The molecule has 0 saturated carbocycles. The summed E-state index contributed by atoms with van der Waals surface area (Å²) in [6, 6.07) is 28.4. The number of carbonyl (C=O) groups excluding carboxylic acids is 1. The maximum atomic E-state index is 12.7. The zero-order valence-electron chi connectivity index (χ0n) is 18.4. The van der Waals surface area contributed by atoms with Crippen molar-refractivity contribution in [1.82, 2.24) is 9.88 Å². The van der Waals surface area contributed by atoms with Crippen LogP contribution in [0.3, 0.4) is 0 Å². The second kappa shape index (κ2) is 10.3. The summed E-state index contributed by atoms with van der Waals surface area (Å²) in [5.41, 5.74) is 5.42. The molecular weight excluding hydrogens is 474 g/mol. The molecule has 0 unspecified atom stereocenters. The molecule has 33 heavy (non-hydrogen) atoms. The summed E-state index contributed by atoms with van der Waals surface area (Å²) in [4.78, 5) is 12.7. The number of benzene rings is 3. The number of nitrogens with zero attached hydrogens (tertiary/aromatic N) is 2. The summed E-state index contributed by atoms with van der Waals surface area (Å²) in [5, 5.41) is 13.6. The zero-order chi connectivity index (χ0) is 23.2. The second-order valence-corrected chi connectivity index (χ2v) is 8.81. The Morgan fingerprint density at radius 1 is 1.00 bits per heavy atom. The van der Waals surface area contributed by atoms with Gasteiger partial charge in [-0.05, 0) is 48.7 Å². The minimum Gasteiger partial charge on any atom is -0.351 e. The Bertz CT molecular complexity index is 1350. The molecule has 4 nitrogen and oxygen atoms in total. The maximum absolute atomic E-state index is 12.7. The SMILES string of the molecule is Cc1c(/C=C(\C#N)C(=O)NCCc2ccccc2)c2ccccc2n1Cc1ccc(Br)cc1. The lowest BCUT2D eigenvalue weighted by atomic mass is 10.1. The Balaban J connectivity index is 1.61. The van der Waals surface area contributed by atoms with Crippen LogP contribution < -0.4 is 5.32 Å². The molecule has 0 aliphatic carbocycles. The predicted octanol–water partition coefficient (Wildman–Crippen LogP) is 6.03. The fourth-order valence-electron chi connectivity index (χ4n) is 3.97. The first-order valence-corrected chi connectivity index (χ1v) is 11.6. The molecule has 0 saturated heterocycles. The molecule has 0 bridgehead atoms. The first kappa shape index (κ1) is 22.6. The predicted molar refractivity (Wildman–Crippen MR) is 137 cm³/mol. The Morgan fingerprint density at radius 2 is 1.70 bits per heavy atom. The maximum Gasteiger partial charge on any atom is 0.261 e. The number of carbonyl (C=O) groups is 1. The quantitative estimate of drug-likeness (QED) is 0.250. The zero-order valence-corrected chi connectivity index (χ0v) is 20.0. The molecule has 0 aliphatic rings. The average Bonchev–Trinajstić information content (AvgIpc) is 3.10. The molecule has 164 valence electrons. The summed E-state index contributed by atoms with van der Waals surface area (Å²) in [7, 11) is 0. The van der Waals surface area contributed by atoms with E-state index in [0.29, 0.717) is 13.1 Å². The topological polar surface area (TPSA) is 57.8 Å². The van der Waals surface area contributed by atoms with Crippen LogP contribution in [-0.4, -0.2) is 17.0 Å². The van der Waals surface area contributed by atoms with E-state index >= 15 is 0 Å². The summed E-state index contributed by atoms with van der Waals surface area (Å²) in [5.74, 6) is -0.349. The van der Waals surface area contributed by atoms with Crippen molar-refractivity contribution >= 4 is 38.8 Å². The van der Waals surface area contributed by atoms with E-state index in [9.17, 15) is 10.1 Å². The molecule has 1 amide bonds. The highest BCUT2D eigenvalue weighted by atomic mass is 79.9. The number of fused-ring (bicyclic) bond motifs is 1. The van der Waals surface area contributed by atoms with Gasteiger partial charge in [-0.25, -0.2) is 0 Å². The highest BCUT2D eigenvalue weighted by molar-refractivity contribution is 9.10. The molecule has 1 N–H and O–H groups in total. The summed E-state index contributed by atoms with van der Waals surface area (Å²) in [6.07, 6.45) is 2.43. The van der Waals surface area contributed by atoms with E-state index in [1.54, 1.807) is 6.08 Å². The second-order valence-electron chi connectivity index (χ2n) is 7.89. The molecular formula is C28H24BrN3O. The molecule has 0 fully saturated rings. The van der Waals surface area contributed by atoms with E-state index in [-0.39, 0.29) is 11.5 Å². The Kier molecular flexibility index (Phi) is 7.07. The molecule has 0 radical (unpaired) electrons. The Labute approximate surface area is 202 Å². The van der Waals surface area contributed by atoms with Crippen molar-refractivity contribution in [2.24, 2.45) is 0 Å². The Morgan fingerprint density at radius 3 is 2.42 bits per heavy atom. The number of nitriles is 1. The molecule has 1 heterocycles. The van der Waals surface area contributed by atoms with Gasteiger partial charge in [0.1, 0.15) is 11.6 Å². The van der Waals surface area contributed by atoms with E-state index in [2.05, 4.69) is 50.1 Å². The Hall–Kier alpha value is -3.62. The number of hydrogen-bond donors (Lipinski definition) is 1. The van der Waals surface area contributed by atoms with E-state index in [1.165, 1.54) is 5.56 Å². The van der Waals surface area contributed by atoms with Gasteiger partial charge in [0.15, 0.2) is 0 Å². The first-order valence-electron chi connectivity index (χ1n) is 10.8. The number of halogens is 1. The third-order valence-electron chi connectivity index (χ3n) is 5.73. The number of aromatic nitrogens is 1. The van der Waals surface area contributed by atoms with Crippen LogP contribution in [0.25, 0.3) is 17.0 Å². The highest BCUT2D eigenvalue weighted by Gasteiger charge is 2.16. The molecule has 0 atom stereocenters. The van der Waals surface area contributed by atoms with Crippen molar-refractivity contribution in [2.45, 2.75) is 19.9 Å². The van der Waals surface area contributed by atoms with Gasteiger partial charge in [-0.2, -0.15) is 5.26 Å². The van der Waals surface area contributed by atoms with Gasteiger partial charge in [0.2, 0.25) is 0 Å². The summed E-state index contributed by atoms with van der Waals surface area (Å²) >= 11 is 3.49. The molecule has 1 aromatic heterocycles. The monoisotopic (exact) mass is 497 g/mol. The van der Waals surface area contributed by atoms with Crippen LogP contribution in [0, 0.1) is 18.3 Å². The van der Waals surface area contributed by atoms with Gasteiger partial charge < -0.3 is 9.88 Å². The minimum atomic E-state index is -0.349. The van der Waals surface area contributed by atoms with Gasteiger partial charge in [-0.15, -0.1) is 0 Å². The molecule has 0 aliphatic heterocycles. The molecule has 4 rings (SSSR count). The van der Waals surface area contributed by atoms with Crippen molar-refractivity contribution in [2.75, 3.05) is 6.54 Å². The van der Waals surface area contributed by atoms with E-state index < -0.39 is 0 Å². The van der Waals surface area contributed by atoms with E-state index in [4.69, 9.17) is 0 Å². The minimum absolute atomic E-state index is 0.109. The van der Waals surface area contributed by atoms with Crippen LogP contribution in [0.15, 0.2) is 88.9 Å². The van der Waals surface area contributed by atoms with Crippen LogP contribution in [0.2, 0.25) is 0 Å². The first-order chi connectivity index (χ1) is 16.1. The van der Waals surface area contributed by atoms with Crippen LogP contribution in [0.4, 0.5) is 0 Å². The van der Waals surface area contributed by atoms with Gasteiger partial charge in [-0.1, -0.05) is 76.6 Å². The normalized spacial score (nSPS) is 11.4. The fraction of sp³-hybridized carbons (Fsp3) is 0.143. The van der Waals surface area contributed by atoms with Crippen molar-refractivity contribution in [3.05, 3.63) is 111 Å². The van der Waals surface area contributed by atoms with Crippen LogP contribution in [-0.2, 0) is 17.8 Å². The summed E-state index contributed by atoms with van der Waals surface area (Å²) < 4.78 is 3.27. The number of nitrogens with one attached hydrogen (secondary N) is 1. The van der Waals surface area contributed by atoms with Crippen LogP contribution >= 0.6 is 15.9 Å². The largest absolute Gasteiger partial charge is 0.351 e. The molecule has 5 heteroatoms. The van der Waals surface area contributed by atoms with Crippen molar-refractivity contribution in [3.63, 3.8) is 0 Å². The van der Waals surface area contributed by atoms with Crippen molar-refractivity contribution in [3.8, 4) is 6.07 Å². The number of hydrogen-bond acceptors (Lipinski definition) is 2. The van der Waals surface area contributed by atoms with Crippen molar-refractivity contribution in [1.29, 1.82) is 5.26 Å². The van der Waals surface area contributed by atoms with Crippen molar-refractivity contribution < 1.29 is 4.79 Å². The number of para-hydroxylation sites is 1. The van der Waals surface area contributed by atoms with Gasteiger partial charge in [0.05, 0.1) is 0 Å². The fourth-order valence-corrected chi connectivity index (χ4v) is 4.23. The molecule has 0 spiro atoms. The van der Waals surface area contributed by atoms with Gasteiger partial charge in [0.25, 0.3) is 5.91 Å². The van der Waals surface area contributed by atoms with Crippen LogP contribution in [0.1, 0.15) is 22.4 Å². The third-order valence-corrected chi connectivity index (χ3v) is 6.26. The smallest absolute Gasteiger partial charge is 0.261 e. The lowest BCUT2D eigenvalue weighted by Gasteiger charge is -2.09. The number of rotatable bonds is 7. The lowest BCUT2D eigenvalue weighted by Crippen LogP contribution is -2.26. The lowest BCUT2D eigenvalue weighted by molar-refractivity contribution is -0.117. The molecule has 3 aromatic carbocycles. The number of amides is 1.